The first-order chi connectivity index (χ1) is 9.58. The molecule has 20 heavy (non-hydrogen) atoms. The van der Waals surface area contributed by atoms with Crippen molar-refractivity contribution in [3.63, 3.8) is 0 Å². The molecule has 5 heteroatoms. The monoisotopic (exact) mass is 276 g/mol. The number of nitrogens with one attached hydrogen (secondary N) is 1. The third kappa shape index (κ3) is 3.57. The summed E-state index contributed by atoms with van der Waals surface area (Å²) < 4.78 is 5.21. The van der Waals surface area contributed by atoms with E-state index >= 15 is 0 Å². The number of ether oxygens (including phenoxy) is 1. The Labute approximate surface area is 118 Å². The molecule has 1 aromatic rings. The first kappa shape index (κ1) is 14.5. The number of hydrogen-bond acceptors (Lipinski definition) is 3. The van der Waals surface area contributed by atoms with Gasteiger partial charge in [0, 0.05) is 18.7 Å². The van der Waals surface area contributed by atoms with Crippen LogP contribution in [-0.4, -0.2) is 49.1 Å². The maximum absolute atomic E-state index is 12.2. The van der Waals surface area contributed by atoms with Crippen LogP contribution in [0.4, 0.5) is 0 Å². The molecule has 0 unspecified atom stereocenters. The molecule has 108 valence electrons. The summed E-state index contributed by atoms with van der Waals surface area (Å²) in [5, 5.41) is 2.75. The summed E-state index contributed by atoms with van der Waals surface area (Å²) in [5.41, 5.74) is 1.59. The maximum Gasteiger partial charge on any atom is 0.251 e. The molecule has 0 saturated carbocycles. The van der Waals surface area contributed by atoms with Gasteiger partial charge in [-0.3, -0.25) is 9.59 Å². The summed E-state index contributed by atoms with van der Waals surface area (Å²) in [5.74, 6) is -0.280. The molecule has 0 radical (unpaired) electrons. The lowest BCUT2D eigenvalue weighted by molar-refractivity contribution is -0.136. The van der Waals surface area contributed by atoms with E-state index in [1.54, 1.807) is 24.0 Å². The molecule has 1 N–H and O–H groups in total. The van der Waals surface area contributed by atoms with E-state index in [2.05, 4.69) is 5.32 Å². The van der Waals surface area contributed by atoms with Gasteiger partial charge >= 0.3 is 0 Å². The number of aryl methyl sites for hydroxylation is 1. The third-order valence-corrected chi connectivity index (χ3v) is 3.32. The zero-order valence-corrected chi connectivity index (χ0v) is 11.9. The second-order valence-corrected chi connectivity index (χ2v) is 5.00. The number of rotatable bonds is 3. The van der Waals surface area contributed by atoms with E-state index in [1.165, 1.54) is 0 Å². The van der Waals surface area contributed by atoms with Crippen LogP contribution in [0.2, 0.25) is 0 Å². The largest absolute Gasteiger partial charge is 0.378 e. The second kappa shape index (κ2) is 6.52. The molecule has 0 bridgehead atoms. The van der Waals surface area contributed by atoms with E-state index in [4.69, 9.17) is 4.74 Å². The lowest BCUT2D eigenvalue weighted by atomic mass is 10.1. The van der Waals surface area contributed by atoms with Crippen molar-refractivity contribution in [1.82, 2.24) is 10.2 Å². The van der Waals surface area contributed by atoms with Crippen molar-refractivity contribution in [3.05, 3.63) is 35.4 Å². The van der Waals surface area contributed by atoms with Gasteiger partial charge < -0.3 is 15.0 Å². The number of carbonyl (C=O) groups excluding carboxylic acids is 2. The lowest BCUT2D eigenvalue weighted by Crippen LogP contribution is -2.50. The normalized spacial score (nSPS) is 16.6. The average Bonchev–Trinajstić information content (AvgIpc) is 2.47. The molecule has 0 aliphatic carbocycles. The van der Waals surface area contributed by atoms with Crippen LogP contribution in [0.5, 0.6) is 0 Å². The Morgan fingerprint density at radius 1 is 1.30 bits per heavy atom. The molecule has 2 rings (SSSR count). The first-order valence-electron chi connectivity index (χ1n) is 6.82. The summed E-state index contributed by atoms with van der Waals surface area (Å²) >= 11 is 0. The zero-order chi connectivity index (χ0) is 14.5. The summed E-state index contributed by atoms with van der Waals surface area (Å²) in [7, 11) is 0. The van der Waals surface area contributed by atoms with Crippen LogP contribution in [-0.2, 0) is 9.53 Å². The highest BCUT2D eigenvalue weighted by atomic mass is 16.5. The topological polar surface area (TPSA) is 58.6 Å². The summed E-state index contributed by atoms with van der Waals surface area (Å²) in [6.45, 7) is 5.94. The van der Waals surface area contributed by atoms with Crippen molar-refractivity contribution >= 4 is 11.8 Å². The molecule has 2 amide bonds. The fraction of sp³-hybridized carbons (Fsp3) is 0.467. The van der Waals surface area contributed by atoms with Gasteiger partial charge in [-0.05, 0) is 26.0 Å². The van der Waals surface area contributed by atoms with E-state index in [0.717, 1.165) is 5.56 Å². The van der Waals surface area contributed by atoms with E-state index in [0.29, 0.717) is 31.9 Å². The van der Waals surface area contributed by atoms with Crippen LogP contribution in [0.15, 0.2) is 24.3 Å². The summed E-state index contributed by atoms with van der Waals surface area (Å²) in [6, 6.07) is 6.79. The molecule has 1 aliphatic rings. The molecule has 1 heterocycles. The highest BCUT2D eigenvalue weighted by Gasteiger charge is 2.23. The number of carbonyl (C=O) groups is 2. The Bertz CT molecular complexity index is 496. The fourth-order valence-electron chi connectivity index (χ4n) is 2.19. The molecule has 1 saturated heterocycles. The van der Waals surface area contributed by atoms with Gasteiger partial charge in [0.1, 0.15) is 6.04 Å². The van der Waals surface area contributed by atoms with Gasteiger partial charge in [-0.25, -0.2) is 0 Å². The van der Waals surface area contributed by atoms with Gasteiger partial charge in [-0.15, -0.1) is 0 Å². The van der Waals surface area contributed by atoms with Crippen LogP contribution in [0.1, 0.15) is 22.8 Å². The minimum absolute atomic E-state index is 0.0608. The molecular weight excluding hydrogens is 256 g/mol. The third-order valence-electron chi connectivity index (χ3n) is 3.32. The molecule has 0 spiro atoms. The van der Waals surface area contributed by atoms with E-state index in [9.17, 15) is 9.59 Å². The SMILES string of the molecule is Cc1cccc(C(=O)N[C@@H](C)C(=O)N2CCOCC2)c1. The van der Waals surface area contributed by atoms with Crippen LogP contribution in [0.3, 0.4) is 0 Å². The van der Waals surface area contributed by atoms with Crippen molar-refractivity contribution in [1.29, 1.82) is 0 Å². The van der Waals surface area contributed by atoms with Gasteiger partial charge in [0.25, 0.3) is 5.91 Å². The molecule has 1 aliphatic heterocycles. The first-order valence-corrected chi connectivity index (χ1v) is 6.82. The Morgan fingerprint density at radius 3 is 2.65 bits per heavy atom. The Balaban J connectivity index is 1.94. The molecule has 1 atom stereocenters. The highest BCUT2D eigenvalue weighted by Crippen LogP contribution is 2.05. The van der Waals surface area contributed by atoms with Crippen LogP contribution >= 0.6 is 0 Å². The predicted octanol–water partition coefficient (Wildman–Crippen LogP) is 0.972. The van der Waals surface area contributed by atoms with Gasteiger partial charge in [0.2, 0.25) is 5.91 Å². The quantitative estimate of drug-likeness (QED) is 0.895. The van der Waals surface area contributed by atoms with Crippen LogP contribution in [0.25, 0.3) is 0 Å². The Morgan fingerprint density at radius 2 is 2.00 bits per heavy atom. The van der Waals surface area contributed by atoms with Crippen molar-refractivity contribution in [2.45, 2.75) is 19.9 Å². The Hall–Kier alpha value is -1.88. The minimum atomic E-state index is -0.527. The van der Waals surface area contributed by atoms with Crippen LogP contribution < -0.4 is 5.32 Å². The molecule has 0 aromatic heterocycles. The van der Waals surface area contributed by atoms with E-state index in [-0.39, 0.29) is 11.8 Å². The van der Waals surface area contributed by atoms with Crippen molar-refractivity contribution < 1.29 is 14.3 Å². The lowest BCUT2D eigenvalue weighted by Gasteiger charge is -2.29. The zero-order valence-electron chi connectivity index (χ0n) is 11.9. The predicted molar refractivity (Wildman–Crippen MR) is 75.5 cm³/mol. The minimum Gasteiger partial charge on any atom is -0.378 e. The standard InChI is InChI=1S/C15H20N2O3/c1-11-4-3-5-13(10-11)14(18)16-12(2)15(19)17-6-8-20-9-7-17/h3-5,10,12H,6-9H2,1-2H3,(H,16,18)/t12-/m0/s1. The number of benzene rings is 1. The van der Waals surface area contributed by atoms with Crippen molar-refractivity contribution in [2.75, 3.05) is 26.3 Å². The van der Waals surface area contributed by atoms with E-state index < -0.39 is 6.04 Å². The van der Waals surface area contributed by atoms with Gasteiger partial charge in [0.15, 0.2) is 0 Å². The highest BCUT2D eigenvalue weighted by molar-refractivity contribution is 5.97. The molecule has 1 aromatic carbocycles. The summed E-state index contributed by atoms with van der Waals surface area (Å²) in [6.07, 6.45) is 0. The van der Waals surface area contributed by atoms with Crippen molar-refractivity contribution in [3.8, 4) is 0 Å². The van der Waals surface area contributed by atoms with Crippen molar-refractivity contribution in [2.24, 2.45) is 0 Å². The summed E-state index contributed by atoms with van der Waals surface area (Å²) in [4.78, 5) is 26.0. The average molecular weight is 276 g/mol. The molecular formula is C15H20N2O3. The van der Waals surface area contributed by atoms with E-state index in [1.807, 2.05) is 19.1 Å². The smallest absolute Gasteiger partial charge is 0.251 e. The number of morpholine rings is 1. The van der Waals surface area contributed by atoms with Crippen LogP contribution in [0, 0.1) is 6.92 Å². The Kier molecular flexibility index (Phi) is 4.74. The molecule has 1 fully saturated rings. The van der Waals surface area contributed by atoms with Gasteiger partial charge in [0.05, 0.1) is 13.2 Å². The van der Waals surface area contributed by atoms with Gasteiger partial charge in [-0.2, -0.15) is 0 Å². The number of hydrogen-bond donors (Lipinski definition) is 1. The fourth-order valence-corrected chi connectivity index (χ4v) is 2.19. The number of nitrogens with zero attached hydrogens (tertiary/aromatic N) is 1. The second-order valence-electron chi connectivity index (χ2n) is 5.00. The number of amides is 2. The maximum atomic E-state index is 12.2. The van der Waals surface area contributed by atoms with Gasteiger partial charge in [-0.1, -0.05) is 17.7 Å². The molecule has 5 nitrogen and oxygen atoms in total.